The van der Waals surface area contributed by atoms with Crippen LogP contribution in [0.4, 0.5) is 10.5 Å². The summed E-state index contributed by atoms with van der Waals surface area (Å²) in [7, 11) is 0. The number of hydrogen-bond donors (Lipinski definition) is 5. The Hall–Kier alpha value is -3.25. The number of amides is 2. The molecule has 3 aromatic heterocycles. The molecule has 0 unspecified atom stereocenters. The largest absolute Gasteiger partial charge is 0.501 e. The molecular formula is C14H11N5O5S2. The Morgan fingerprint density at radius 2 is 2.04 bits per heavy atom. The van der Waals surface area contributed by atoms with Gasteiger partial charge in [0.05, 0.1) is 29.0 Å². The molecule has 3 heterocycles. The normalized spacial score (nSPS) is 10.5. The van der Waals surface area contributed by atoms with Crippen LogP contribution in [0.5, 0.6) is 5.75 Å². The highest BCUT2D eigenvalue weighted by molar-refractivity contribution is 7.09. The summed E-state index contributed by atoms with van der Waals surface area (Å²) >= 11 is 2.63. The molecule has 0 fully saturated rings. The second kappa shape index (κ2) is 7.33. The Kier molecular flexibility index (Phi) is 4.95. The molecule has 0 radical (unpaired) electrons. The third kappa shape index (κ3) is 3.70. The van der Waals surface area contributed by atoms with Crippen molar-refractivity contribution in [3.05, 3.63) is 43.4 Å². The third-order valence-corrected chi connectivity index (χ3v) is 4.56. The number of urea groups is 1. The number of anilines is 1. The lowest BCUT2D eigenvalue weighted by Gasteiger charge is -2.08. The summed E-state index contributed by atoms with van der Waals surface area (Å²) in [6, 6.07) is -0.503. The fraction of sp³-hybridized carbons (Fsp3) is 0.0714. The number of aromatic carboxylic acids is 1. The summed E-state index contributed by atoms with van der Waals surface area (Å²) in [6.07, 6.45) is 0. The number of hydrogen-bond acceptors (Lipinski definition) is 8. The average Bonchev–Trinajstić information content (AvgIpc) is 3.26. The lowest BCUT2D eigenvalue weighted by molar-refractivity contribution is 0.0686. The summed E-state index contributed by atoms with van der Waals surface area (Å²) in [5.74, 6) is -2.60. The number of aromatic amines is 1. The Bertz CT molecular complexity index is 1010. The maximum absolute atomic E-state index is 12.0. The molecule has 3 aromatic rings. The maximum Gasteiger partial charge on any atom is 0.358 e. The van der Waals surface area contributed by atoms with Gasteiger partial charge < -0.3 is 25.8 Å². The zero-order chi connectivity index (χ0) is 18.7. The van der Waals surface area contributed by atoms with Gasteiger partial charge in [-0.05, 0) is 0 Å². The minimum atomic E-state index is -1.54. The van der Waals surface area contributed by atoms with E-state index in [9.17, 15) is 19.5 Å². The highest BCUT2D eigenvalue weighted by Crippen LogP contribution is 2.29. The van der Waals surface area contributed by atoms with Crippen molar-refractivity contribution >= 4 is 40.4 Å². The molecule has 0 saturated heterocycles. The molecule has 0 saturated carbocycles. The molecule has 0 aliphatic carbocycles. The molecule has 3 rings (SSSR count). The van der Waals surface area contributed by atoms with Crippen molar-refractivity contribution in [2.45, 2.75) is 6.54 Å². The molecule has 0 aliphatic rings. The smallest absolute Gasteiger partial charge is 0.358 e. The van der Waals surface area contributed by atoms with Crippen molar-refractivity contribution in [3.63, 3.8) is 0 Å². The SMILES string of the molecule is O=C(NCc1cscn1)Nc1cscc1-c1nc(C(=O)O)c(O)c(=O)[nH]1. The highest BCUT2D eigenvalue weighted by Gasteiger charge is 2.19. The Morgan fingerprint density at radius 1 is 1.23 bits per heavy atom. The van der Waals surface area contributed by atoms with Crippen LogP contribution in [-0.2, 0) is 6.54 Å². The second-order valence-corrected chi connectivity index (χ2v) is 6.37. The van der Waals surface area contributed by atoms with Crippen LogP contribution in [0.2, 0.25) is 0 Å². The molecule has 0 bridgehead atoms. The van der Waals surface area contributed by atoms with E-state index in [-0.39, 0.29) is 12.4 Å². The molecule has 26 heavy (non-hydrogen) atoms. The van der Waals surface area contributed by atoms with Gasteiger partial charge in [0, 0.05) is 16.1 Å². The summed E-state index contributed by atoms with van der Waals surface area (Å²) in [5.41, 5.74) is 1.26. The first kappa shape index (κ1) is 17.6. The van der Waals surface area contributed by atoms with E-state index >= 15 is 0 Å². The topological polar surface area (TPSA) is 157 Å². The third-order valence-electron chi connectivity index (χ3n) is 3.18. The summed E-state index contributed by atoms with van der Waals surface area (Å²) < 4.78 is 0. The number of thiazole rings is 1. The molecule has 5 N–H and O–H groups in total. The number of rotatable bonds is 5. The summed E-state index contributed by atoms with van der Waals surface area (Å²) in [6.45, 7) is 0.242. The zero-order valence-electron chi connectivity index (χ0n) is 12.8. The van der Waals surface area contributed by atoms with Gasteiger partial charge in [-0.25, -0.2) is 19.6 Å². The lowest BCUT2D eigenvalue weighted by atomic mass is 10.2. The first-order valence-electron chi connectivity index (χ1n) is 7.00. The fourth-order valence-electron chi connectivity index (χ4n) is 1.98. The van der Waals surface area contributed by atoms with Crippen LogP contribution in [-0.4, -0.2) is 37.2 Å². The van der Waals surface area contributed by atoms with Gasteiger partial charge in [-0.15, -0.1) is 22.7 Å². The minimum absolute atomic E-state index is 0.0822. The lowest BCUT2D eigenvalue weighted by Crippen LogP contribution is -2.28. The number of aromatic hydroxyl groups is 1. The van der Waals surface area contributed by atoms with Crippen LogP contribution in [0.3, 0.4) is 0 Å². The van der Waals surface area contributed by atoms with Crippen molar-refractivity contribution in [2.24, 2.45) is 0 Å². The van der Waals surface area contributed by atoms with E-state index in [1.807, 2.05) is 0 Å². The predicted molar refractivity (Wildman–Crippen MR) is 94.8 cm³/mol. The number of aromatic nitrogens is 3. The quantitative estimate of drug-likeness (QED) is 0.441. The second-order valence-electron chi connectivity index (χ2n) is 4.90. The Morgan fingerprint density at radius 3 is 2.73 bits per heavy atom. The Balaban J connectivity index is 1.81. The van der Waals surface area contributed by atoms with Crippen LogP contribution in [0.1, 0.15) is 16.2 Å². The molecule has 10 nitrogen and oxygen atoms in total. The monoisotopic (exact) mass is 393 g/mol. The standard InChI is InChI=1S/C14H11N5O5S2/c20-10-9(13(22)23)18-11(19-12(10)21)7-3-25-4-8(7)17-14(24)15-1-6-2-26-5-16-6/h2-5,20H,1H2,(H,22,23)(H2,15,17,24)(H,18,19,21). The number of H-pyrrole nitrogens is 1. The number of nitrogens with zero attached hydrogens (tertiary/aromatic N) is 2. The maximum atomic E-state index is 12.0. The zero-order valence-corrected chi connectivity index (χ0v) is 14.5. The fourth-order valence-corrected chi connectivity index (χ4v) is 3.31. The molecule has 0 atom stereocenters. The van der Waals surface area contributed by atoms with Crippen molar-refractivity contribution in [2.75, 3.05) is 5.32 Å². The number of thiophene rings is 1. The van der Waals surface area contributed by atoms with Crippen LogP contribution in [0.25, 0.3) is 11.4 Å². The molecule has 0 spiro atoms. The predicted octanol–water partition coefficient (Wildman–Crippen LogP) is 1.68. The number of nitrogens with one attached hydrogen (secondary N) is 3. The highest BCUT2D eigenvalue weighted by atomic mass is 32.1. The van der Waals surface area contributed by atoms with Crippen LogP contribution >= 0.6 is 22.7 Å². The van der Waals surface area contributed by atoms with Gasteiger partial charge in [-0.1, -0.05) is 0 Å². The average molecular weight is 393 g/mol. The summed E-state index contributed by atoms with van der Waals surface area (Å²) in [4.78, 5) is 44.9. The van der Waals surface area contributed by atoms with E-state index in [4.69, 9.17) is 5.11 Å². The van der Waals surface area contributed by atoms with Crippen LogP contribution in [0.15, 0.2) is 26.4 Å². The molecular weight excluding hydrogens is 382 g/mol. The van der Waals surface area contributed by atoms with Crippen LogP contribution < -0.4 is 16.2 Å². The molecule has 2 amide bonds. The number of carbonyl (C=O) groups excluding carboxylic acids is 1. The van der Waals surface area contributed by atoms with E-state index in [0.717, 1.165) is 0 Å². The van der Waals surface area contributed by atoms with Gasteiger partial charge in [0.1, 0.15) is 5.82 Å². The van der Waals surface area contributed by atoms with Gasteiger partial charge >= 0.3 is 12.0 Å². The Labute approximate surface area is 153 Å². The molecule has 0 aromatic carbocycles. The molecule has 0 aliphatic heterocycles. The minimum Gasteiger partial charge on any atom is -0.501 e. The molecule has 12 heteroatoms. The number of carbonyl (C=O) groups is 2. The number of carboxylic acids is 1. The van der Waals surface area contributed by atoms with E-state index in [1.165, 1.54) is 22.7 Å². The van der Waals surface area contributed by atoms with Crippen molar-refractivity contribution < 1.29 is 19.8 Å². The van der Waals surface area contributed by atoms with Crippen molar-refractivity contribution in [1.82, 2.24) is 20.3 Å². The van der Waals surface area contributed by atoms with Crippen molar-refractivity contribution in [1.29, 1.82) is 0 Å². The van der Waals surface area contributed by atoms with E-state index in [0.29, 0.717) is 16.9 Å². The van der Waals surface area contributed by atoms with Gasteiger partial charge in [0.2, 0.25) is 5.75 Å². The van der Waals surface area contributed by atoms with E-state index in [1.54, 1.807) is 21.7 Å². The molecule has 134 valence electrons. The van der Waals surface area contributed by atoms with Gasteiger partial charge in [0.25, 0.3) is 5.56 Å². The van der Waals surface area contributed by atoms with E-state index in [2.05, 4.69) is 25.6 Å². The number of carboxylic acid groups (broad SMARTS) is 1. The van der Waals surface area contributed by atoms with Gasteiger partial charge in [0.15, 0.2) is 5.69 Å². The van der Waals surface area contributed by atoms with Gasteiger partial charge in [-0.3, -0.25) is 4.79 Å². The van der Waals surface area contributed by atoms with Gasteiger partial charge in [-0.2, -0.15) is 0 Å². The van der Waals surface area contributed by atoms with E-state index < -0.39 is 29.0 Å². The first-order chi connectivity index (χ1) is 12.5. The van der Waals surface area contributed by atoms with Crippen molar-refractivity contribution in [3.8, 4) is 17.1 Å². The van der Waals surface area contributed by atoms with Crippen LogP contribution in [0, 0.1) is 0 Å². The first-order valence-corrected chi connectivity index (χ1v) is 8.89. The summed E-state index contributed by atoms with van der Waals surface area (Å²) in [5, 5.41) is 28.7.